The Morgan fingerprint density at radius 1 is 0.938 bits per heavy atom. The zero-order valence-electron chi connectivity index (χ0n) is 17.8. The quantitative estimate of drug-likeness (QED) is 0.525. The number of para-hydroxylation sites is 1. The van der Waals surface area contributed by atoms with Crippen LogP contribution in [0.15, 0.2) is 42.5 Å². The van der Waals surface area contributed by atoms with Crippen LogP contribution in [0.1, 0.15) is 6.42 Å². The highest BCUT2D eigenvalue weighted by molar-refractivity contribution is 6.39. The second-order valence-corrected chi connectivity index (χ2v) is 7.70. The Morgan fingerprint density at radius 3 is 2.47 bits per heavy atom. The molecule has 0 unspecified atom stereocenters. The molecule has 0 radical (unpaired) electrons. The summed E-state index contributed by atoms with van der Waals surface area (Å²) in [5, 5.41) is 5.23. The number of piperazine rings is 1. The van der Waals surface area contributed by atoms with Gasteiger partial charge in [0.2, 0.25) is 0 Å². The molecule has 9 heteroatoms. The number of rotatable bonds is 6. The maximum Gasteiger partial charge on any atom is 0.313 e. The first-order chi connectivity index (χ1) is 15.6. The average Bonchev–Trinajstić information content (AvgIpc) is 2.82. The first-order valence-corrected chi connectivity index (χ1v) is 10.8. The van der Waals surface area contributed by atoms with Gasteiger partial charge < -0.3 is 25.0 Å². The van der Waals surface area contributed by atoms with Crippen molar-refractivity contribution in [3.63, 3.8) is 0 Å². The van der Waals surface area contributed by atoms with Crippen LogP contribution >= 0.6 is 0 Å². The van der Waals surface area contributed by atoms with Crippen LogP contribution in [0, 0.1) is 5.82 Å². The number of amides is 2. The second-order valence-electron chi connectivity index (χ2n) is 7.70. The zero-order chi connectivity index (χ0) is 22.3. The van der Waals surface area contributed by atoms with Crippen molar-refractivity contribution < 1.29 is 23.5 Å². The van der Waals surface area contributed by atoms with Crippen LogP contribution in [0.2, 0.25) is 0 Å². The molecule has 0 spiro atoms. The lowest BCUT2D eigenvalue weighted by Crippen LogP contribution is -2.47. The molecule has 8 nitrogen and oxygen atoms in total. The van der Waals surface area contributed by atoms with E-state index in [0.29, 0.717) is 42.6 Å². The van der Waals surface area contributed by atoms with Gasteiger partial charge in [-0.2, -0.15) is 0 Å². The van der Waals surface area contributed by atoms with Gasteiger partial charge in [0, 0.05) is 44.5 Å². The van der Waals surface area contributed by atoms with Crippen molar-refractivity contribution >= 4 is 23.2 Å². The number of hydrogen-bond acceptors (Lipinski definition) is 6. The van der Waals surface area contributed by atoms with Gasteiger partial charge in [0.15, 0.2) is 11.5 Å². The average molecular weight is 442 g/mol. The number of carbonyl (C=O) groups excluding carboxylic acids is 2. The molecule has 2 aliphatic heterocycles. The second kappa shape index (κ2) is 10.3. The SMILES string of the molecule is O=C(NCCCN1CCN(c2ccccc2F)CC1)C(=O)Nc1ccc2c(c1)OCCO2. The van der Waals surface area contributed by atoms with Gasteiger partial charge in [-0.05, 0) is 37.2 Å². The Hall–Kier alpha value is -3.33. The number of anilines is 2. The number of ether oxygens (including phenoxy) is 2. The summed E-state index contributed by atoms with van der Waals surface area (Å²) in [5.74, 6) is -0.430. The van der Waals surface area contributed by atoms with Gasteiger partial charge in [-0.3, -0.25) is 14.5 Å². The summed E-state index contributed by atoms with van der Waals surface area (Å²) in [5.41, 5.74) is 1.12. The van der Waals surface area contributed by atoms with E-state index in [1.165, 1.54) is 6.07 Å². The number of hydrogen-bond donors (Lipinski definition) is 2. The number of halogens is 1. The monoisotopic (exact) mass is 442 g/mol. The van der Waals surface area contributed by atoms with Gasteiger partial charge in [0.25, 0.3) is 0 Å². The Bertz CT molecular complexity index is 963. The Kier molecular flexibility index (Phi) is 7.06. The normalized spacial score (nSPS) is 15.8. The lowest BCUT2D eigenvalue weighted by molar-refractivity contribution is -0.136. The molecule has 0 aliphatic carbocycles. The Labute approximate surface area is 186 Å². The van der Waals surface area contributed by atoms with Gasteiger partial charge in [-0.1, -0.05) is 12.1 Å². The zero-order valence-corrected chi connectivity index (χ0v) is 17.8. The molecule has 32 heavy (non-hydrogen) atoms. The lowest BCUT2D eigenvalue weighted by Gasteiger charge is -2.36. The number of carbonyl (C=O) groups is 2. The van der Waals surface area contributed by atoms with Crippen molar-refractivity contribution in [3.8, 4) is 11.5 Å². The molecule has 2 aliphatic rings. The predicted molar refractivity (Wildman–Crippen MR) is 119 cm³/mol. The molecule has 1 saturated heterocycles. The van der Waals surface area contributed by atoms with E-state index < -0.39 is 11.8 Å². The molecule has 170 valence electrons. The summed E-state index contributed by atoms with van der Waals surface area (Å²) in [6.07, 6.45) is 0.725. The third kappa shape index (κ3) is 5.47. The van der Waals surface area contributed by atoms with Crippen LogP contribution in [0.5, 0.6) is 11.5 Å². The molecule has 0 aromatic heterocycles. The standard InChI is InChI=1S/C23H27FN4O4/c24-18-4-1-2-5-19(18)28-12-10-27(11-13-28)9-3-8-25-22(29)23(30)26-17-6-7-20-21(16-17)32-15-14-31-20/h1-2,4-7,16H,3,8-15H2,(H,25,29)(H,26,30). The van der Waals surface area contributed by atoms with Crippen LogP contribution < -0.4 is 25.0 Å². The third-order valence-corrected chi connectivity index (χ3v) is 5.51. The third-order valence-electron chi connectivity index (χ3n) is 5.51. The molecule has 0 saturated carbocycles. The minimum atomic E-state index is -0.722. The molecule has 2 amide bonds. The Morgan fingerprint density at radius 2 is 1.69 bits per heavy atom. The van der Waals surface area contributed by atoms with Crippen LogP contribution in [-0.4, -0.2) is 69.2 Å². The fourth-order valence-electron chi connectivity index (χ4n) is 3.81. The van der Waals surface area contributed by atoms with E-state index in [-0.39, 0.29) is 5.82 Å². The maximum atomic E-state index is 13.9. The van der Waals surface area contributed by atoms with Crippen molar-refractivity contribution in [3.05, 3.63) is 48.3 Å². The van der Waals surface area contributed by atoms with Gasteiger partial charge in [0.1, 0.15) is 19.0 Å². The van der Waals surface area contributed by atoms with Crippen molar-refractivity contribution in [2.45, 2.75) is 6.42 Å². The summed E-state index contributed by atoms with van der Waals surface area (Å²) < 4.78 is 24.9. The van der Waals surface area contributed by atoms with Crippen LogP contribution in [-0.2, 0) is 9.59 Å². The van der Waals surface area contributed by atoms with Crippen LogP contribution in [0.4, 0.5) is 15.8 Å². The first kappa shape index (κ1) is 21.9. The van der Waals surface area contributed by atoms with E-state index in [1.54, 1.807) is 30.3 Å². The van der Waals surface area contributed by atoms with Crippen LogP contribution in [0.3, 0.4) is 0 Å². The van der Waals surface area contributed by atoms with Gasteiger partial charge in [-0.15, -0.1) is 0 Å². The molecule has 4 rings (SSSR count). The van der Waals surface area contributed by atoms with E-state index in [1.807, 2.05) is 6.07 Å². The molecule has 2 aromatic carbocycles. The largest absolute Gasteiger partial charge is 0.486 e. The molecule has 0 atom stereocenters. The Balaban J connectivity index is 1.14. The van der Waals surface area contributed by atoms with E-state index in [2.05, 4.69) is 20.4 Å². The van der Waals surface area contributed by atoms with Crippen molar-refractivity contribution in [1.29, 1.82) is 0 Å². The summed E-state index contributed by atoms with van der Waals surface area (Å²) in [6.45, 7) is 5.30. The van der Waals surface area contributed by atoms with Gasteiger partial charge in [0.05, 0.1) is 5.69 Å². The fraction of sp³-hybridized carbons (Fsp3) is 0.391. The van der Waals surface area contributed by atoms with Crippen molar-refractivity contribution in [2.75, 3.05) is 62.7 Å². The molecule has 1 fully saturated rings. The van der Waals surface area contributed by atoms with Crippen LogP contribution in [0.25, 0.3) is 0 Å². The van der Waals surface area contributed by atoms with Crippen molar-refractivity contribution in [1.82, 2.24) is 10.2 Å². The highest BCUT2D eigenvalue weighted by atomic mass is 19.1. The predicted octanol–water partition coefficient (Wildman–Crippen LogP) is 1.86. The molecule has 2 N–H and O–H groups in total. The van der Waals surface area contributed by atoms with E-state index in [0.717, 1.165) is 39.1 Å². The topological polar surface area (TPSA) is 83.1 Å². The van der Waals surface area contributed by atoms with Crippen molar-refractivity contribution in [2.24, 2.45) is 0 Å². The minimum Gasteiger partial charge on any atom is -0.486 e. The maximum absolute atomic E-state index is 13.9. The summed E-state index contributed by atoms with van der Waals surface area (Å²) in [6, 6.07) is 11.8. The number of benzene rings is 2. The number of fused-ring (bicyclic) bond motifs is 1. The van der Waals surface area contributed by atoms with E-state index in [9.17, 15) is 14.0 Å². The fourth-order valence-corrected chi connectivity index (χ4v) is 3.81. The summed E-state index contributed by atoms with van der Waals surface area (Å²) in [7, 11) is 0. The first-order valence-electron chi connectivity index (χ1n) is 10.8. The molecular formula is C23H27FN4O4. The molecule has 2 heterocycles. The van der Waals surface area contributed by atoms with Gasteiger partial charge >= 0.3 is 11.8 Å². The molecule has 0 bridgehead atoms. The minimum absolute atomic E-state index is 0.196. The van der Waals surface area contributed by atoms with Gasteiger partial charge in [-0.25, -0.2) is 4.39 Å². The molecular weight excluding hydrogens is 415 g/mol. The highest BCUT2D eigenvalue weighted by Gasteiger charge is 2.20. The highest BCUT2D eigenvalue weighted by Crippen LogP contribution is 2.32. The molecule has 2 aromatic rings. The summed E-state index contributed by atoms with van der Waals surface area (Å²) >= 11 is 0. The number of nitrogens with zero attached hydrogens (tertiary/aromatic N) is 2. The smallest absolute Gasteiger partial charge is 0.313 e. The van der Waals surface area contributed by atoms with E-state index in [4.69, 9.17) is 9.47 Å². The van der Waals surface area contributed by atoms with E-state index >= 15 is 0 Å². The summed E-state index contributed by atoms with van der Waals surface area (Å²) in [4.78, 5) is 28.5. The number of nitrogens with one attached hydrogen (secondary N) is 2. The lowest BCUT2D eigenvalue weighted by atomic mass is 10.2.